The molecule has 6 heteroatoms. The molecule has 0 radical (unpaired) electrons. The summed E-state index contributed by atoms with van der Waals surface area (Å²) >= 11 is 0. The van der Waals surface area contributed by atoms with Gasteiger partial charge in [-0.1, -0.05) is 13.3 Å². The van der Waals surface area contributed by atoms with Gasteiger partial charge < -0.3 is 9.05 Å². The predicted molar refractivity (Wildman–Crippen MR) is 64.3 cm³/mol. The van der Waals surface area contributed by atoms with Crippen molar-refractivity contribution in [1.29, 1.82) is 10.5 Å². The molecule has 0 aliphatic heterocycles. The third kappa shape index (κ3) is 4.48. The molecule has 0 rings (SSSR count). The van der Waals surface area contributed by atoms with E-state index in [-0.39, 0.29) is 13.2 Å². The molecule has 1 atom stereocenters. The van der Waals surface area contributed by atoms with Crippen LogP contribution < -0.4 is 0 Å². The fraction of sp³-hybridized carbons (Fsp3) is 0.818. The first-order valence-electron chi connectivity index (χ1n) is 5.77. The summed E-state index contributed by atoms with van der Waals surface area (Å²) in [5, 5.41) is 17.8. The van der Waals surface area contributed by atoms with E-state index in [9.17, 15) is 4.57 Å². The molecule has 0 N–H and O–H groups in total. The zero-order valence-electron chi connectivity index (χ0n) is 10.5. The maximum absolute atomic E-state index is 12.5. The van der Waals surface area contributed by atoms with E-state index in [1.165, 1.54) is 0 Å². The van der Waals surface area contributed by atoms with Gasteiger partial charge in [-0.25, -0.2) is 0 Å². The zero-order valence-corrected chi connectivity index (χ0v) is 11.4. The van der Waals surface area contributed by atoms with Gasteiger partial charge >= 0.3 is 7.60 Å². The molecule has 0 aromatic carbocycles. The van der Waals surface area contributed by atoms with Gasteiger partial charge in [-0.2, -0.15) is 10.5 Å². The maximum atomic E-state index is 12.5. The third-order valence-corrected chi connectivity index (χ3v) is 4.88. The van der Waals surface area contributed by atoms with Crippen LogP contribution in [0.25, 0.3) is 0 Å². The summed E-state index contributed by atoms with van der Waals surface area (Å²) in [6.07, 6.45) is 1.19. The van der Waals surface area contributed by atoms with Crippen LogP contribution in [-0.2, 0) is 13.6 Å². The van der Waals surface area contributed by atoms with Crippen molar-refractivity contribution in [3.05, 3.63) is 0 Å². The van der Waals surface area contributed by atoms with Crippen molar-refractivity contribution < 1.29 is 13.6 Å². The van der Waals surface area contributed by atoms with E-state index in [4.69, 9.17) is 19.6 Å². The molecule has 0 aromatic rings. The van der Waals surface area contributed by atoms with Crippen molar-refractivity contribution in [3.63, 3.8) is 0 Å². The second kappa shape index (κ2) is 8.25. The molecule has 0 heterocycles. The number of hydrogen-bond acceptors (Lipinski definition) is 5. The van der Waals surface area contributed by atoms with Crippen LogP contribution in [0.4, 0.5) is 0 Å². The summed E-state index contributed by atoms with van der Waals surface area (Å²) < 4.78 is 22.9. The van der Waals surface area contributed by atoms with Crippen LogP contribution in [0.5, 0.6) is 0 Å². The highest BCUT2D eigenvalue weighted by atomic mass is 31.2. The molecule has 17 heavy (non-hydrogen) atoms. The molecule has 0 amide bonds. The molecule has 0 aliphatic carbocycles. The fourth-order valence-corrected chi connectivity index (χ4v) is 3.84. The number of nitriles is 2. The predicted octanol–water partition coefficient (Wildman–Crippen LogP) is 3.08. The van der Waals surface area contributed by atoms with Crippen LogP contribution in [0.3, 0.4) is 0 Å². The highest BCUT2D eigenvalue weighted by Gasteiger charge is 2.40. The van der Waals surface area contributed by atoms with Gasteiger partial charge in [-0.05, 0) is 20.3 Å². The summed E-state index contributed by atoms with van der Waals surface area (Å²) in [5.41, 5.74) is -0.664. The maximum Gasteiger partial charge on any atom is 0.336 e. The Morgan fingerprint density at radius 2 is 1.59 bits per heavy atom. The van der Waals surface area contributed by atoms with E-state index in [0.29, 0.717) is 12.8 Å². The van der Waals surface area contributed by atoms with Gasteiger partial charge in [0.25, 0.3) is 0 Å². The first-order chi connectivity index (χ1) is 8.09. The summed E-state index contributed by atoms with van der Waals surface area (Å²) in [6, 6.07) is 3.73. The lowest BCUT2D eigenvalue weighted by Gasteiger charge is -2.26. The number of nitrogens with zero attached hydrogens (tertiary/aromatic N) is 2. The van der Waals surface area contributed by atoms with Gasteiger partial charge in [0.05, 0.1) is 31.0 Å². The Morgan fingerprint density at radius 1 is 1.12 bits per heavy atom. The van der Waals surface area contributed by atoms with E-state index in [1.54, 1.807) is 13.8 Å². The average Bonchev–Trinajstić information content (AvgIpc) is 2.30. The fourth-order valence-electron chi connectivity index (χ4n) is 1.59. The van der Waals surface area contributed by atoms with Crippen LogP contribution >= 0.6 is 7.60 Å². The number of rotatable bonds is 8. The normalized spacial score (nSPS) is 13.1. The minimum absolute atomic E-state index is 0.237. The lowest BCUT2D eigenvalue weighted by molar-refractivity contribution is 0.207. The van der Waals surface area contributed by atoms with E-state index in [1.807, 2.05) is 19.1 Å². The first-order valence-corrected chi connectivity index (χ1v) is 7.38. The smallest absolute Gasteiger partial charge is 0.309 e. The van der Waals surface area contributed by atoms with Crippen LogP contribution in [0.15, 0.2) is 0 Å². The molecule has 0 spiro atoms. The highest BCUT2D eigenvalue weighted by Crippen LogP contribution is 2.56. The van der Waals surface area contributed by atoms with Gasteiger partial charge in [0.1, 0.15) is 5.92 Å². The molecule has 0 bridgehead atoms. The largest absolute Gasteiger partial charge is 0.336 e. The molecular formula is C11H19N2O3P. The topological polar surface area (TPSA) is 83.1 Å². The highest BCUT2D eigenvalue weighted by molar-refractivity contribution is 7.54. The second-order valence-corrected chi connectivity index (χ2v) is 5.73. The molecule has 0 saturated heterocycles. The van der Waals surface area contributed by atoms with Gasteiger partial charge in [0, 0.05) is 0 Å². The quantitative estimate of drug-likeness (QED) is 0.624. The van der Waals surface area contributed by atoms with Crippen molar-refractivity contribution >= 4 is 7.60 Å². The molecule has 0 aliphatic rings. The van der Waals surface area contributed by atoms with E-state index >= 15 is 0 Å². The molecule has 5 nitrogen and oxygen atoms in total. The Morgan fingerprint density at radius 3 is 1.88 bits per heavy atom. The van der Waals surface area contributed by atoms with Crippen molar-refractivity contribution in [2.24, 2.45) is 5.92 Å². The van der Waals surface area contributed by atoms with Crippen LogP contribution in [0.1, 0.15) is 33.6 Å². The Labute approximate surface area is 103 Å². The molecule has 96 valence electrons. The Bertz CT molecular complexity index is 322. The SMILES string of the molecule is CCC[C@@H](C(C#N)C#N)P(=O)(OCC)OCC. The Hall–Kier alpha value is -0.870. The van der Waals surface area contributed by atoms with E-state index in [2.05, 4.69) is 0 Å². The summed E-state index contributed by atoms with van der Waals surface area (Å²) in [4.78, 5) is 0. The summed E-state index contributed by atoms with van der Waals surface area (Å²) in [7, 11) is -3.38. The third-order valence-electron chi connectivity index (χ3n) is 2.27. The lowest BCUT2D eigenvalue weighted by atomic mass is 10.1. The second-order valence-electron chi connectivity index (χ2n) is 3.47. The van der Waals surface area contributed by atoms with E-state index in [0.717, 1.165) is 0 Å². The molecule has 0 fully saturated rings. The lowest BCUT2D eigenvalue weighted by Crippen LogP contribution is -2.21. The van der Waals surface area contributed by atoms with Crippen molar-refractivity contribution in [2.75, 3.05) is 13.2 Å². The van der Waals surface area contributed by atoms with Gasteiger partial charge in [-0.15, -0.1) is 0 Å². The van der Waals surface area contributed by atoms with Gasteiger partial charge in [-0.3, -0.25) is 4.57 Å². The Kier molecular flexibility index (Phi) is 7.83. The summed E-state index contributed by atoms with van der Waals surface area (Å²) in [5.74, 6) is -0.959. The van der Waals surface area contributed by atoms with Crippen molar-refractivity contribution in [1.82, 2.24) is 0 Å². The Balaban J connectivity index is 5.17. The molecule has 0 saturated carbocycles. The van der Waals surface area contributed by atoms with E-state index < -0.39 is 19.2 Å². The van der Waals surface area contributed by atoms with Crippen molar-refractivity contribution in [2.45, 2.75) is 39.3 Å². The minimum Gasteiger partial charge on any atom is -0.309 e. The van der Waals surface area contributed by atoms with Gasteiger partial charge in [0.2, 0.25) is 0 Å². The molecule has 0 unspecified atom stereocenters. The van der Waals surface area contributed by atoms with Crippen LogP contribution in [-0.4, -0.2) is 18.9 Å². The van der Waals surface area contributed by atoms with Crippen LogP contribution in [0, 0.1) is 28.6 Å². The average molecular weight is 258 g/mol. The monoisotopic (exact) mass is 258 g/mol. The first kappa shape index (κ1) is 16.1. The molecule has 0 aromatic heterocycles. The van der Waals surface area contributed by atoms with Gasteiger partial charge in [0.15, 0.2) is 0 Å². The van der Waals surface area contributed by atoms with Crippen molar-refractivity contribution in [3.8, 4) is 12.1 Å². The zero-order chi connectivity index (χ0) is 13.3. The minimum atomic E-state index is -3.38. The standard InChI is InChI=1S/C11H19N2O3P/c1-4-7-11(10(8-12)9-13)17(14,15-5-2)16-6-3/h10-11H,4-7H2,1-3H3/t11-/m0/s1. The molecular weight excluding hydrogens is 239 g/mol. The van der Waals surface area contributed by atoms with Crippen LogP contribution in [0.2, 0.25) is 0 Å². The summed E-state index contributed by atoms with van der Waals surface area (Å²) in [6.45, 7) is 5.80. The number of hydrogen-bond donors (Lipinski definition) is 0.